The summed E-state index contributed by atoms with van der Waals surface area (Å²) >= 11 is 2.21. The molecule has 2 aromatic carbocycles. The number of anilines is 1. The van der Waals surface area contributed by atoms with Crippen molar-refractivity contribution in [3.63, 3.8) is 0 Å². The van der Waals surface area contributed by atoms with Crippen LogP contribution in [-0.2, 0) is 0 Å². The fourth-order valence-electron chi connectivity index (χ4n) is 1.61. The number of ketones is 1. The van der Waals surface area contributed by atoms with E-state index in [-0.39, 0.29) is 5.78 Å². The summed E-state index contributed by atoms with van der Waals surface area (Å²) in [7, 11) is 0. The fourth-order valence-corrected chi connectivity index (χ4v) is 2.22. The predicted octanol–water partition coefficient (Wildman–Crippen LogP) is 3.41. The Labute approximate surface area is 114 Å². The number of nitrogens with two attached hydrogens (primary N) is 1. The Kier molecular flexibility index (Phi) is 3.47. The maximum atomic E-state index is 12.3. The quantitative estimate of drug-likeness (QED) is 0.518. The van der Waals surface area contributed by atoms with Crippen LogP contribution in [0.5, 0.6) is 0 Å². The third-order valence-corrected chi connectivity index (χ3v) is 4.04. The Morgan fingerprint density at radius 2 is 1.76 bits per heavy atom. The molecule has 2 aromatic rings. The molecule has 0 saturated carbocycles. The smallest absolute Gasteiger partial charge is 0.194 e. The number of nitrogen functional groups attached to an aromatic ring is 1. The summed E-state index contributed by atoms with van der Waals surface area (Å²) in [6.45, 7) is 2.00. The van der Waals surface area contributed by atoms with Crippen molar-refractivity contribution in [3.05, 3.63) is 62.7 Å². The van der Waals surface area contributed by atoms with Crippen LogP contribution in [0.1, 0.15) is 21.5 Å². The summed E-state index contributed by atoms with van der Waals surface area (Å²) in [5.74, 6) is 0.0399. The molecule has 0 radical (unpaired) electrons. The van der Waals surface area contributed by atoms with Crippen LogP contribution in [0.15, 0.2) is 42.5 Å². The van der Waals surface area contributed by atoms with Crippen molar-refractivity contribution in [1.29, 1.82) is 0 Å². The first-order valence-corrected chi connectivity index (χ1v) is 6.33. The molecule has 2 rings (SSSR count). The summed E-state index contributed by atoms with van der Waals surface area (Å²) in [5, 5.41) is 0. The maximum absolute atomic E-state index is 12.3. The minimum atomic E-state index is 0.0399. The molecule has 0 aliphatic heterocycles. The molecule has 0 aliphatic carbocycles. The highest BCUT2D eigenvalue weighted by molar-refractivity contribution is 14.1. The number of rotatable bonds is 2. The van der Waals surface area contributed by atoms with E-state index in [1.807, 2.05) is 25.1 Å². The van der Waals surface area contributed by atoms with Crippen molar-refractivity contribution in [2.24, 2.45) is 0 Å². The fraction of sp³-hybridized carbons (Fsp3) is 0.0714. The van der Waals surface area contributed by atoms with E-state index in [1.54, 1.807) is 24.3 Å². The lowest BCUT2D eigenvalue weighted by Gasteiger charge is -2.06. The third kappa shape index (κ3) is 2.49. The maximum Gasteiger partial charge on any atom is 0.194 e. The zero-order valence-corrected chi connectivity index (χ0v) is 11.6. The van der Waals surface area contributed by atoms with Crippen LogP contribution >= 0.6 is 22.6 Å². The van der Waals surface area contributed by atoms with Crippen molar-refractivity contribution >= 4 is 34.1 Å². The van der Waals surface area contributed by atoms with Gasteiger partial charge in [0.15, 0.2) is 5.78 Å². The molecule has 0 saturated heterocycles. The molecule has 3 heteroatoms. The molecule has 17 heavy (non-hydrogen) atoms. The van der Waals surface area contributed by atoms with Crippen LogP contribution in [0.3, 0.4) is 0 Å². The summed E-state index contributed by atoms with van der Waals surface area (Å²) in [6, 6.07) is 12.8. The van der Waals surface area contributed by atoms with Gasteiger partial charge in [-0.15, -0.1) is 0 Å². The molecule has 0 aliphatic rings. The van der Waals surface area contributed by atoms with Gasteiger partial charge in [0.25, 0.3) is 0 Å². The lowest BCUT2D eigenvalue weighted by molar-refractivity contribution is 0.103. The second kappa shape index (κ2) is 4.87. The van der Waals surface area contributed by atoms with Crippen molar-refractivity contribution in [3.8, 4) is 0 Å². The largest absolute Gasteiger partial charge is 0.399 e. The van der Waals surface area contributed by atoms with Gasteiger partial charge < -0.3 is 5.73 Å². The molecule has 0 unspecified atom stereocenters. The van der Waals surface area contributed by atoms with Crippen molar-refractivity contribution in [1.82, 2.24) is 0 Å². The summed E-state index contributed by atoms with van der Waals surface area (Å²) in [4.78, 5) is 12.3. The van der Waals surface area contributed by atoms with E-state index < -0.39 is 0 Å². The van der Waals surface area contributed by atoms with Gasteiger partial charge in [0.05, 0.1) is 0 Å². The normalized spacial score (nSPS) is 10.2. The molecule has 0 amide bonds. The van der Waals surface area contributed by atoms with Gasteiger partial charge in [-0.3, -0.25) is 4.79 Å². The molecular formula is C14H12INO. The molecule has 0 heterocycles. The van der Waals surface area contributed by atoms with Crippen LogP contribution in [0.2, 0.25) is 0 Å². The highest BCUT2D eigenvalue weighted by Crippen LogP contribution is 2.20. The number of hydrogen-bond donors (Lipinski definition) is 1. The third-order valence-electron chi connectivity index (χ3n) is 2.61. The Balaban J connectivity index is 2.44. The minimum absolute atomic E-state index is 0.0399. The molecular weight excluding hydrogens is 325 g/mol. The van der Waals surface area contributed by atoms with Gasteiger partial charge in [-0.05, 0) is 65.4 Å². The van der Waals surface area contributed by atoms with Crippen molar-refractivity contribution in [2.45, 2.75) is 6.92 Å². The molecule has 0 bridgehead atoms. The molecule has 0 atom stereocenters. The minimum Gasteiger partial charge on any atom is -0.399 e. The molecule has 0 aromatic heterocycles. The van der Waals surface area contributed by atoms with E-state index in [0.29, 0.717) is 11.3 Å². The Morgan fingerprint density at radius 1 is 1.12 bits per heavy atom. The van der Waals surface area contributed by atoms with E-state index >= 15 is 0 Å². The number of carbonyl (C=O) groups is 1. The average Bonchev–Trinajstić information content (AvgIpc) is 2.33. The van der Waals surface area contributed by atoms with Gasteiger partial charge in [-0.25, -0.2) is 0 Å². The number of hydrogen-bond acceptors (Lipinski definition) is 2. The van der Waals surface area contributed by atoms with Gasteiger partial charge in [-0.2, -0.15) is 0 Å². The molecule has 0 spiro atoms. The number of aryl methyl sites for hydroxylation is 1. The second-order valence-electron chi connectivity index (χ2n) is 3.89. The van der Waals surface area contributed by atoms with E-state index in [9.17, 15) is 4.79 Å². The first-order valence-electron chi connectivity index (χ1n) is 5.25. The van der Waals surface area contributed by atoms with Gasteiger partial charge in [0.1, 0.15) is 0 Å². The van der Waals surface area contributed by atoms with E-state index in [0.717, 1.165) is 14.7 Å². The highest BCUT2D eigenvalue weighted by atomic mass is 127. The monoisotopic (exact) mass is 337 g/mol. The zero-order valence-electron chi connectivity index (χ0n) is 9.41. The standard InChI is InChI=1S/C14H12INO/c1-9-3-2-4-12(13(9)15)14(17)10-5-7-11(16)8-6-10/h2-8H,16H2,1H3. The van der Waals surface area contributed by atoms with Gasteiger partial charge >= 0.3 is 0 Å². The molecule has 86 valence electrons. The summed E-state index contributed by atoms with van der Waals surface area (Å²) in [6.07, 6.45) is 0. The molecule has 2 N–H and O–H groups in total. The predicted molar refractivity (Wildman–Crippen MR) is 78.2 cm³/mol. The van der Waals surface area contributed by atoms with Crippen LogP contribution < -0.4 is 5.73 Å². The number of halogens is 1. The lowest BCUT2D eigenvalue weighted by atomic mass is 10.0. The van der Waals surface area contributed by atoms with Gasteiger partial charge in [0.2, 0.25) is 0 Å². The van der Waals surface area contributed by atoms with Gasteiger partial charge in [-0.1, -0.05) is 12.1 Å². The summed E-state index contributed by atoms with van der Waals surface area (Å²) in [5.41, 5.74) is 8.81. The van der Waals surface area contributed by atoms with Crippen molar-refractivity contribution in [2.75, 3.05) is 5.73 Å². The molecule has 2 nitrogen and oxygen atoms in total. The summed E-state index contributed by atoms with van der Waals surface area (Å²) < 4.78 is 1.01. The first-order chi connectivity index (χ1) is 8.09. The van der Waals surface area contributed by atoms with E-state index in [2.05, 4.69) is 22.6 Å². The van der Waals surface area contributed by atoms with E-state index in [1.165, 1.54) is 0 Å². The Morgan fingerprint density at radius 3 is 2.41 bits per heavy atom. The van der Waals surface area contributed by atoms with Crippen LogP contribution in [0.25, 0.3) is 0 Å². The Bertz CT molecular complexity index is 561. The van der Waals surface area contributed by atoms with Crippen LogP contribution in [-0.4, -0.2) is 5.78 Å². The number of carbonyl (C=O) groups excluding carboxylic acids is 1. The SMILES string of the molecule is Cc1cccc(C(=O)c2ccc(N)cc2)c1I. The van der Waals surface area contributed by atoms with Crippen LogP contribution in [0.4, 0.5) is 5.69 Å². The highest BCUT2D eigenvalue weighted by Gasteiger charge is 2.13. The second-order valence-corrected chi connectivity index (χ2v) is 4.97. The first kappa shape index (κ1) is 12.1. The topological polar surface area (TPSA) is 43.1 Å². The number of benzene rings is 2. The van der Waals surface area contributed by atoms with Gasteiger partial charge in [0, 0.05) is 20.4 Å². The lowest BCUT2D eigenvalue weighted by Crippen LogP contribution is -2.04. The molecule has 0 fully saturated rings. The zero-order chi connectivity index (χ0) is 12.4. The van der Waals surface area contributed by atoms with Crippen LogP contribution in [0, 0.1) is 10.5 Å². The average molecular weight is 337 g/mol. The Hall–Kier alpha value is -1.36. The van der Waals surface area contributed by atoms with Crippen molar-refractivity contribution < 1.29 is 4.79 Å². The van der Waals surface area contributed by atoms with E-state index in [4.69, 9.17) is 5.73 Å².